The fraction of sp³-hybridized carbons (Fsp3) is 0.643. The SMILES string of the molecule is CCC1CCCCC1C(=O)c1cscc1C. The molecule has 1 fully saturated rings. The predicted molar refractivity (Wildman–Crippen MR) is 69.1 cm³/mol. The van der Waals surface area contributed by atoms with Gasteiger partial charge >= 0.3 is 0 Å². The molecule has 1 heterocycles. The molecule has 0 aromatic carbocycles. The van der Waals surface area contributed by atoms with Gasteiger partial charge in [-0.1, -0.05) is 26.2 Å². The van der Waals surface area contributed by atoms with Gasteiger partial charge in [-0.2, -0.15) is 11.3 Å². The van der Waals surface area contributed by atoms with Gasteiger partial charge in [0.2, 0.25) is 0 Å². The van der Waals surface area contributed by atoms with Crippen LogP contribution in [0.4, 0.5) is 0 Å². The van der Waals surface area contributed by atoms with Crippen LogP contribution in [0.3, 0.4) is 0 Å². The summed E-state index contributed by atoms with van der Waals surface area (Å²) in [6.45, 7) is 4.27. The molecule has 0 radical (unpaired) electrons. The van der Waals surface area contributed by atoms with Crippen LogP contribution in [0.5, 0.6) is 0 Å². The second kappa shape index (κ2) is 5.13. The molecule has 0 spiro atoms. The monoisotopic (exact) mass is 236 g/mol. The molecule has 1 aliphatic rings. The Bertz CT molecular complexity index is 367. The summed E-state index contributed by atoms with van der Waals surface area (Å²) in [4.78, 5) is 12.5. The number of hydrogen-bond donors (Lipinski definition) is 0. The molecular formula is C14H20OS. The summed E-state index contributed by atoms with van der Waals surface area (Å²) in [6, 6.07) is 0. The summed E-state index contributed by atoms with van der Waals surface area (Å²) in [6.07, 6.45) is 6.04. The lowest BCUT2D eigenvalue weighted by atomic mass is 9.74. The molecule has 2 atom stereocenters. The fourth-order valence-corrected chi connectivity index (χ4v) is 3.69. The third-order valence-electron chi connectivity index (χ3n) is 3.89. The number of carbonyl (C=O) groups excluding carboxylic acids is 1. The zero-order valence-corrected chi connectivity index (χ0v) is 11.0. The van der Waals surface area contributed by atoms with Gasteiger partial charge in [0.1, 0.15) is 0 Å². The Kier molecular flexibility index (Phi) is 3.80. The third kappa shape index (κ3) is 2.22. The Morgan fingerprint density at radius 2 is 2.12 bits per heavy atom. The molecule has 0 N–H and O–H groups in total. The number of thiophene rings is 1. The fourth-order valence-electron chi connectivity index (χ4n) is 2.85. The van der Waals surface area contributed by atoms with Crippen molar-refractivity contribution in [3.05, 3.63) is 21.9 Å². The van der Waals surface area contributed by atoms with E-state index in [0.29, 0.717) is 17.6 Å². The molecule has 0 aliphatic heterocycles. The van der Waals surface area contributed by atoms with Crippen LogP contribution in [0, 0.1) is 18.8 Å². The minimum absolute atomic E-state index is 0.298. The van der Waals surface area contributed by atoms with Crippen LogP contribution in [0.15, 0.2) is 10.8 Å². The topological polar surface area (TPSA) is 17.1 Å². The van der Waals surface area contributed by atoms with Gasteiger partial charge in [-0.3, -0.25) is 4.79 Å². The second-order valence-corrected chi connectivity index (χ2v) is 5.64. The lowest BCUT2D eigenvalue weighted by Gasteiger charge is -2.29. The summed E-state index contributed by atoms with van der Waals surface area (Å²) in [5, 5.41) is 4.11. The molecule has 0 saturated heterocycles. The van der Waals surface area contributed by atoms with Gasteiger partial charge in [-0.25, -0.2) is 0 Å². The molecule has 1 saturated carbocycles. The number of rotatable bonds is 3. The van der Waals surface area contributed by atoms with Gasteiger partial charge < -0.3 is 0 Å². The molecule has 1 aliphatic carbocycles. The molecule has 2 heteroatoms. The smallest absolute Gasteiger partial charge is 0.167 e. The Hall–Kier alpha value is -0.630. The van der Waals surface area contributed by atoms with E-state index in [-0.39, 0.29) is 0 Å². The van der Waals surface area contributed by atoms with Crippen molar-refractivity contribution in [2.45, 2.75) is 46.0 Å². The lowest BCUT2D eigenvalue weighted by Crippen LogP contribution is -2.27. The molecule has 2 rings (SSSR count). The highest BCUT2D eigenvalue weighted by molar-refractivity contribution is 7.08. The molecule has 2 unspecified atom stereocenters. The van der Waals surface area contributed by atoms with Crippen molar-refractivity contribution in [3.8, 4) is 0 Å². The lowest BCUT2D eigenvalue weighted by molar-refractivity contribution is 0.0820. The predicted octanol–water partition coefficient (Wildman–Crippen LogP) is 4.46. The van der Waals surface area contributed by atoms with E-state index < -0.39 is 0 Å². The third-order valence-corrected chi connectivity index (χ3v) is 4.75. The zero-order chi connectivity index (χ0) is 11.5. The summed E-state index contributed by atoms with van der Waals surface area (Å²) in [5.74, 6) is 1.33. The average Bonchev–Trinajstić information content (AvgIpc) is 2.74. The minimum atomic E-state index is 0.298. The Labute approximate surface area is 102 Å². The summed E-state index contributed by atoms with van der Waals surface area (Å²) in [5.41, 5.74) is 2.14. The van der Waals surface area contributed by atoms with E-state index in [1.165, 1.54) is 19.3 Å². The average molecular weight is 236 g/mol. The number of ketones is 1. The van der Waals surface area contributed by atoms with E-state index >= 15 is 0 Å². The van der Waals surface area contributed by atoms with E-state index in [2.05, 4.69) is 12.3 Å². The zero-order valence-electron chi connectivity index (χ0n) is 10.2. The molecule has 1 aromatic rings. The van der Waals surface area contributed by atoms with Gasteiger partial charge in [0.25, 0.3) is 0 Å². The number of Topliss-reactive ketones (excluding diaryl/α,β-unsaturated/α-hetero) is 1. The van der Waals surface area contributed by atoms with Gasteiger partial charge in [0.05, 0.1) is 0 Å². The summed E-state index contributed by atoms with van der Waals surface area (Å²) in [7, 11) is 0. The van der Waals surface area contributed by atoms with Gasteiger partial charge in [-0.05, 0) is 36.6 Å². The van der Waals surface area contributed by atoms with Crippen molar-refractivity contribution in [1.82, 2.24) is 0 Å². The molecular weight excluding hydrogens is 216 g/mol. The first-order valence-electron chi connectivity index (χ1n) is 6.31. The maximum absolute atomic E-state index is 12.5. The van der Waals surface area contributed by atoms with E-state index in [1.54, 1.807) is 11.3 Å². The van der Waals surface area contributed by atoms with E-state index in [1.807, 2.05) is 12.3 Å². The van der Waals surface area contributed by atoms with Crippen molar-refractivity contribution in [2.75, 3.05) is 0 Å². The van der Waals surface area contributed by atoms with Crippen molar-refractivity contribution < 1.29 is 4.79 Å². The normalized spacial score (nSPS) is 25.6. The van der Waals surface area contributed by atoms with Crippen LogP contribution < -0.4 is 0 Å². The maximum atomic E-state index is 12.5. The van der Waals surface area contributed by atoms with Crippen LogP contribution in [0.1, 0.15) is 54.9 Å². The molecule has 88 valence electrons. The van der Waals surface area contributed by atoms with Crippen molar-refractivity contribution >= 4 is 17.1 Å². The summed E-state index contributed by atoms with van der Waals surface area (Å²) < 4.78 is 0. The Morgan fingerprint density at radius 3 is 2.75 bits per heavy atom. The highest BCUT2D eigenvalue weighted by atomic mass is 32.1. The molecule has 1 nitrogen and oxygen atoms in total. The first kappa shape index (κ1) is 11.8. The number of hydrogen-bond acceptors (Lipinski definition) is 2. The van der Waals surface area contributed by atoms with Crippen LogP contribution in [-0.4, -0.2) is 5.78 Å². The minimum Gasteiger partial charge on any atom is -0.294 e. The number of carbonyl (C=O) groups is 1. The van der Waals surface area contributed by atoms with Crippen LogP contribution in [0.25, 0.3) is 0 Å². The maximum Gasteiger partial charge on any atom is 0.167 e. The van der Waals surface area contributed by atoms with Crippen LogP contribution in [0.2, 0.25) is 0 Å². The van der Waals surface area contributed by atoms with Crippen molar-refractivity contribution in [3.63, 3.8) is 0 Å². The molecule has 1 aromatic heterocycles. The van der Waals surface area contributed by atoms with Gasteiger partial charge in [0, 0.05) is 16.9 Å². The second-order valence-electron chi connectivity index (χ2n) is 4.89. The Morgan fingerprint density at radius 1 is 1.38 bits per heavy atom. The van der Waals surface area contributed by atoms with E-state index in [4.69, 9.17) is 0 Å². The van der Waals surface area contributed by atoms with Crippen molar-refractivity contribution in [1.29, 1.82) is 0 Å². The highest BCUT2D eigenvalue weighted by Crippen LogP contribution is 2.35. The molecule has 0 amide bonds. The molecule has 0 bridgehead atoms. The van der Waals surface area contributed by atoms with Crippen molar-refractivity contribution in [2.24, 2.45) is 11.8 Å². The van der Waals surface area contributed by atoms with Crippen LogP contribution >= 0.6 is 11.3 Å². The first-order chi connectivity index (χ1) is 7.74. The largest absolute Gasteiger partial charge is 0.294 e. The standard InChI is InChI=1S/C14H20OS/c1-3-11-6-4-5-7-12(11)14(15)13-9-16-8-10(13)2/h8-9,11-12H,3-7H2,1-2H3. The quantitative estimate of drug-likeness (QED) is 0.708. The number of aryl methyl sites for hydroxylation is 1. The highest BCUT2D eigenvalue weighted by Gasteiger charge is 2.30. The van der Waals surface area contributed by atoms with E-state index in [9.17, 15) is 4.79 Å². The molecule has 16 heavy (non-hydrogen) atoms. The van der Waals surface area contributed by atoms with E-state index in [0.717, 1.165) is 24.0 Å². The van der Waals surface area contributed by atoms with Gasteiger partial charge in [0.15, 0.2) is 5.78 Å². The summed E-state index contributed by atoms with van der Waals surface area (Å²) >= 11 is 1.65. The van der Waals surface area contributed by atoms with Gasteiger partial charge in [-0.15, -0.1) is 0 Å². The Balaban J connectivity index is 2.17. The first-order valence-corrected chi connectivity index (χ1v) is 7.25. The van der Waals surface area contributed by atoms with Crippen LogP contribution in [-0.2, 0) is 0 Å².